The van der Waals surface area contributed by atoms with Gasteiger partial charge in [0.25, 0.3) is 0 Å². The Bertz CT molecular complexity index is 1570. The van der Waals surface area contributed by atoms with Gasteiger partial charge in [-0.05, 0) is 55.9 Å². The molecule has 3 aliphatic carbocycles. The van der Waals surface area contributed by atoms with Crippen molar-refractivity contribution in [2.45, 2.75) is 69.7 Å². The van der Waals surface area contributed by atoms with Crippen LogP contribution in [-0.4, -0.2) is 74.0 Å². The van der Waals surface area contributed by atoms with Crippen molar-refractivity contribution in [1.29, 1.82) is 0 Å². The Morgan fingerprint density at radius 3 is 2.02 bits per heavy atom. The lowest BCUT2D eigenvalue weighted by atomic mass is 9.38. The summed E-state index contributed by atoms with van der Waals surface area (Å²) >= 11 is 0. The Hall–Kier alpha value is -4.06. The first kappa shape index (κ1) is 30.9. The highest BCUT2D eigenvalue weighted by Gasteiger charge is 2.80. The van der Waals surface area contributed by atoms with Crippen LogP contribution in [0, 0.1) is 28.6 Å². The minimum Gasteiger partial charge on any atom is -0.481 e. The monoisotopic (exact) mass is 620 g/mol. The highest BCUT2D eigenvalue weighted by Crippen LogP contribution is 2.69. The Labute approximate surface area is 259 Å². The molecule has 0 spiro atoms. The number of carboxylic acids is 1. The molecule has 6 rings (SSSR count). The summed E-state index contributed by atoms with van der Waals surface area (Å²) in [7, 11) is 0. The zero-order valence-electron chi connectivity index (χ0n) is 25.1. The summed E-state index contributed by atoms with van der Waals surface area (Å²) in [4.78, 5) is 53.0. The molecule has 238 valence electrons. The van der Waals surface area contributed by atoms with Crippen molar-refractivity contribution in [3.05, 3.63) is 83.4 Å². The highest BCUT2D eigenvalue weighted by atomic mass is 16.7. The number of carbonyl (C=O) groups is 4. The fourth-order valence-electron chi connectivity index (χ4n) is 8.71. The second-order valence-corrected chi connectivity index (χ2v) is 13.2. The molecule has 4 aliphatic rings. The molecule has 1 heterocycles. The highest BCUT2D eigenvalue weighted by molar-refractivity contribution is 5.91. The average Bonchev–Trinajstić information content (AvgIpc) is 3.34. The summed E-state index contributed by atoms with van der Waals surface area (Å²) in [6.07, 6.45) is -3.89. The van der Waals surface area contributed by atoms with Crippen LogP contribution in [0.1, 0.15) is 60.7 Å². The molecule has 10 atom stereocenters. The van der Waals surface area contributed by atoms with Crippen LogP contribution < -0.4 is 0 Å². The van der Waals surface area contributed by atoms with E-state index in [2.05, 4.69) is 0 Å². The first-order valence-electron chi connectivity index (χ1n) is 15.0. The van der Waals surface area contributed by atoms with Crippen molar-refractivity contribution in [2.75, 3.05) is 0 Å². The Kier molecular flexibility index (Phi) is 7.22. The number of fused-ring (bicyclic) bond motifs is 4. The van der Waals surface area contributed by atoms with E-state index in [1.165, 1.54) is 37.3 Å². The third kappa shape index (κ3) is 4.28. The third-order valence-corrected chi connectivity index (χ3v) is 11.1. The molecule has 1 aliphatic heterocycles. The van der Waals surface area contributed by atoms with Crippen molar-refractivity contribution in [2.24, 2.45) is 28.6 Å². The quantitative estimate of drug-likeness (QED) is 0.286. The lowest BCUT2D eigenvalue weighted by Crippen LogP contribution is -2.82. The second-order valence-electron chi connectivity index (χ2n) is 13.2. The SMILES string of the molecule is C[C@@H]1C2=CC(=O)O[C@]2(O)C[C@@H]2[C@@H]1[C@@H](OC(=O)c1ccccc1)[C@@H](OC(=O)c1ccccc1)[C@]1(O)[C@@]2(C)CC[C@H](O)[C@@]1(C)C(=O)O. The van der Waals surface area contributed by atoms with Crippen molar-refractivity contribution in [3.8, 4) is 0 Å². The molecular formula is C34H36O11. The molecule has 0 aromatic heterocycles. The largest absolute Gasteiger partial charge is 0.481 e. The van der Waals surface area contributed by atoms with Gasteiger partial charge >= 0.3 is 23.9 Å². The van der Waals surface area contributed by atoms with Gasteiger partial charge in [0.1, 0.15) is 17.1 Å². The molecule has 2 aromatic rings. The van der Waals surface area contributed by atoms with Crippen LogP contribution in [0.3, 0.4) is 0 Å². The van der Waals surface area contributed by atoms with Crippen LogP contribution in [0.5, 0.6) is 0 Å². The maximum atomic E-state index is 13.7. The summed E-state index contributed by atoms with van der Waals surface area (Å²) in [5.74, 6) is -8.41. The lowest BCUT2D eigenvalue weighted by Gasteiger charge is -2.69. The van der Waals surface area contributed by atoms with E-state index in [4.69, 9.17) is 14.2 Å². The first-order valence-corrected chi connectivity index (χ1v) is 15.0. The summed E-state index contributed by atoms with van der Waals surface area (Å²) < 4.78 is 17.6. The Morgan fingerprint density at radius 1 is 0.911 bits per heavy atom. The fraction of sp³-hybridized carbons (Fsp3) is 0.471. The van der Waals surface area contributed by atoms with Gasteiger partial charge in [0.05, 0.1) is 17.2 Å². The van der Waals surface area contributed by atoms with Gasteiger partial charge in [-0.15, -0.1) is 0 Å². The lowest BCUT2D eigenvalue weighted by molar-refractivity contribution is -0.339. The van der Waals surface area contributed by atoms with Gasteiger partial charge in [-0.25, -0.2) is 14.4 Å². The maximum Gasteiger partial charge on any atom is 0.338 e. The molecule has 11 heteroatoms. The van der Waals surface area contributed by atoms with Gasteiger partial charge in [0.15, 0.2) is 6.10 Å². The van der Waals surface area contributed by atoms with E-state index in [1.807, 2.05) is 0 Å². The molecule has 3 fully saturated rings. The number of hydrogen-bond acceptors (Lipinski definition) is 10. The number of hydrogen-bond donors (Lipinski definition) is 4. The molecule has 0 radical (unpaired) electrons. The molecule has 2 aromatic carbocycles. The summed E-state index contributed by atoms with van der Waals surface area (Å²) in [6.45, 7) is 4.55. The number of esters is 3. The van der Waals surface area contributed by atoms with Crippen LogP contribution in [-0.2, 0) is 23.8 Å². The number of ether oxygens (including phenoxy) is 3. The van der Waals surface area contributed by atoms with E-state index in [9.17, 15) is 39.6 Å². The van der Waals surface area contributed by atoms with Gasteiger partial charge in [0.2, 0.25) is 5.79 Å². The molecule has 0 amide bonds. The van der Waals surface area contributed by atoms with Crippen LogP contribution >= 0.6 is 0 Å². The Balaban J connectivity index is 1.59. The number of carboxylic acid groups (broad SMARTS) is 1. The average molecular weight is 621 g/mol. The standard InChI is InChI=1S/C34H36O11/c1-18-21-16-24(36)45-33(21,41)17-22-25(18)26(43-28(37)19-10-6-4-7-11-19)27(44-29(38)20-12-8-5-9-13-20)34(42)31(22,2)15-14-23(35)32(34,3)30(39)40/h4-13,16,18,22-23,25-27,35,41-42H,14-15,17H2,1-3H3,(H,39,40)/t18-,22-,23+,25-,26-,27-,31+,32+,33-,34+/m1/s1. The van der Waals surface area contributed by atoms with Crippen LogP contribution in [0.2, 0.25) is 0 Å². The normalized spacial score (nSPS) is 40.1. The van der Waals surface area contributed by atoms with Crippen LogP contribution in [0.15, 0.2) is 72.3 Å². The summed E-state index contributed by atoms with van der Waals surface area (Å²) in [5, 5.41) is 46.7. The molecular weight excluding hydrogens is 584 g/mol. The zero-order chi connectivity index (χ0) is 32.5. The second kappa shape index (κ2) is 10.5. The van der Waals surface area contributed by atoms with E-state index < -0.39 is 82.2 Å². The summed E-state index contributed by atoms with van der Waals surface area (Å²) in [6, 6.07) is 15.9. The number of aliphatic hydroxyl groups excluding tert-OH is 1. The molecule has 0 unspecified atom stereocenters. The van der Waals surface area contributed by atoms with E-state index in [0.29, 0.717) is 0 Å². The van der Waals surface area contributed by atoms with E-state index in [0.717, 1.165) is 0 Å². The van der Waals surface area contributed by atoms with Gasteiger partial charge < -0.3 is 34.6 Å². The van der Waals surface area contributed by atoms with Crippen molar-refractivity contribution in [1.82, 2.24) is 0 Å². The summed E-state index contributed by atoms with van der Waals surface area (Å²) in [5.41, 5.74) is -5.85. The van der Waals surface area contributed by atoms with Crippen molar-refractivity contribution >= 4 is 23.9 Å². The third-order valence-electron chi connectivity index (χ3n) is 11.1. The topological polar surface area (TPSA) is 177 Å². The van der Waals surface area contributed by atoms with Gasteiger partial charge in [-0.1, -0.05) is 50.2 Å². The van der Waals surface area contributed by atoms with E-state index in [1.54, 1.807) is 50.2 Å². The van der Waals surface area contributed by atoms with Gasteiger partial charge in [0, 0.05) is 29.4 Å². The number of aliphatic carboxylic acids is 1. The van der Waals surface area contributed by atoms with Crippen LogP contribution in [0.25, 0.3) is 0 Å². The van der Waals surface area contributed by atoms with Crippen molar-refractivity contribution in [3.63, 3.8) is 0 Å². The number of aliphatic hydroxyl groups is 3. The zero-order valence-corrected chi connectivity index (χ0v) is 25.1. The smallest absolute Gasteiger partial charge is 0.338 e. The van der Waals surface area contributed by atoms with E-state index in [-0.39, 0.29) is 36.0 Å². The van der Waals surface area contributed by atoms with Crippen molar-refractivity contribution < 1.29 is 53.8 Å². The minimum atomic E-state index is -2.56. The molecule has 45 heavy (non-hydrogen) atoms. The van der Waals surface area contributed by atoms with Gasteiger partial charge in [-0.2, -0.15) is 0 Å². The first-order chi connectivity index (χ1) is 21.2. The molecule has 3 saturated carbocycles. The fourth-order valence-corrected chi connectivity index (χ4v) is 8.71. The van der Waals surface area contributed by atoms with Crippen LogP contribution in [0.4, 0.5) is 0 Å². The van der Waals surface area contributed by atoms with E-state index >= 15 is 0 Å². The maximum absolute atomic E-state index is 13.7. The number of rotatable bonds is 5. The Morgan fingerprint density at radius 2 is 1.47 bits per heavy atom. The molecule has 11 nitrogen and oxygen atoms in total. The number of benzene rings is 2. The molecule has 4 N–H and O–H groups in total. The predicted octanol–water partition coefficient (Wildman–Crippen LogP) is 2.88. The molecule has 0 saturated heterocycles. The number of carbonyl (C=O) groups excluding carboxylic acids is 3. The molecule has 0 bridgehead atoms. The van der Waals surface area contributed by atoms with Gasteiger partial charge in [-0.3, -0.25) is 4.79 Å². The predicted molar refractivity (Wildman–Crippen MR) is 155 cm³/mol. The minimum absolute atomic E-state index is 0.0338.